The Morgan fingerprint density at radius 2 is 1.30 bits per heavy atom. The summed E-state index contributed by atoms with van der Waals surface area (Å²) in [4.78, 5) is 14.6. The van der Waals surface area contributed by atoms with E-state index in [0.29, 0.717) is 45.7 Å². The number of ether oxygens (including phenoxy) is 7. The minimum Gasteiger partial charge on any atom is -0.497 e. The number of Topliss-reactive ketones (excluding diaryl/α,β-unsaturated/α-hetero) is 1. The van der Waals surface area contributed by atoms with Crippen molar-refractivity contribution in [2.24, 2.45) is 5.92 Å². The Morgan fingerprint density at radius 3 is 1.92 bits per heavy atom. The highest BCUT2D eigenvalue weighted by Crippen LogP contribution is 2.47. The summed E-state index contributed by atoms with van der Waals surface area (Å²) >= 11 is 0. The highest BCUT2D eigenvalue weighted by Gasteiger charge is 2.55. The first-order valence-corrected chi connectivity index (χ1v) is 34.5. The van der Waals surface area contributed by atoms with Crippen LogP contribution in [0.3, 0.4) is 0 Å². The smallest absolute Gasteiger partial charge is 0.261 e. The summed E-state index contributed by atoms with van der Waals surface area (Å²) in [6, 6.07) is 39.8. The van der Waals surface area contributed by atoms with Gasteiger partial charge in [0.15, 0.2) is 14.1 Å². The minimum atomic E-state index is -2.71. The van der Waals surface area contributed by atoms with E-state index in [1.807, 2.05) is 49.4 Å². The van der Waals surface area contributed by atoms with Crippen molar-refractivity contribution >= 4 is 32.8 Å². The molecule has 79 heavy (non-hydrogen) atoms. The number of aliphatic hydroxyl groups is 1. The van der Waals surface area contributed by atoms with Crippen LogP contribution >= 0.6 is 0 Å². The van der Waals surface area contributed by atoms with Gasteiger partial charge in [0.05, 0.1) is 74.3 Å². The minimum absolute atomic E-state index is 0.00148. The molecule has 13 heteroatoms. The van der Waals surface area contributed by atoms with E-state index in [2.05, 4.69) is 141 Å². The van der Waals surface area contributed by atoms with Crippen molar-refractivity contribution in [1.82, 2.24) is 0 Å². The van der Waals surface area contributed by atoms with Crippen LogP contribution in [0.2, 0.25) is 23.2 Å². The summed E-state index contributed by atoms with van der Waals surface area (Å²) in [5.74, 6) is 0.588. The number of benzene rings is 4. The number of hydrogen-bond acceptors (Lipinski definition) is 11. The molecule has 434 valence electrons. The number of fused-ring (bicyclic) bond motifs is 2. The molecule has 0 unspecified atom stereocenters. The second-order valence-corrected chi connectivity index (χ2v) is 35.4. The summed E-state index contributed by atoms with van der Waals surface area (Å²) in [6.07, 6.45) is 2.80. The lowest BCUT2D eigenvalue weighted by Gasteiger charge is -2.47. The van der Waals surface area contributed by atoms with Crippen LogP contribution in [0.4, 0.5) is 0 Å². The molecule has 4 saturated heterocycles. The first-order valence-electron chi connectivity index (χ1n) is 29.7. The van der Waals surface area contributed by atoms with Crippen LogP contribution in [0.1, 0.15) is 144 Å². The van der Waals surface area contributed by atoms with E-state index in [1.165, 1.54) is 10.4 Å². The molecule has 0 radical (unpaired) electrons. The molecule has 0 amide bonds. The van der Waals surface area contributed by atoms with Crippen molar-refractivity contribution < 1.29 is 51.9 Å². The maximum atomic E-state index is 14.6. The summed E-state index contributed by atoms with van der Waals surface area (Å²) in [7, 11) is -3.30. The topological polar surface area (TPSA) is 120 Å². The molecule has 12 atom stereocenters. The van der Waals surface area contributed by atoms with E-state index < -0.39 is 52.3 Å². The molecule has 0 spiro atoms. The second kappa shape index (κ2) is 26.3. The van der Waals surface area contributed by atoms with Gasteiger partial charge in [-0.2, -0.15) is 0 Å². The summed E-state index contributed by atoms with van der Waals surface area (Å²) in [5.41, 5.74) is 0.724. The first kappa shape index (κ1) is 61.5. The fraction of sp³-hybridized carbons (Fsp3) is 0.621. The molecule has 0 aromatic heterocycles. The summed E-state index contributed by atoms with van der Waals surface area (Å²) in [6.45, 7) is 27.1. The third-order valence-electron chi connectivity index (χ3n) is 18.4. The molecular formula is C66H96O11Si2. The maximum Gasteiger partial charge on any atom is 0.261 e. The Kier molecular flexibility index (Phi) is 20.5. The molecule has 4 heterocycles. The van der Waals surface area contributed by atoms with Gasteiger partial charge in [-0.25, -0.2) is 0 Å². The molecule has 0 aliphatic carbocycles. The van der Waals surface area contributed by atoms with Crippen LogP contribution in [-0.2, 0) is 55.3 Å². The van der Waals surface area contributed by atoms with Gasteiger partial charge in [-0.15, -0.1) is 0 Å². The fourth-order valence-electron chi connectivity index (χ4n) is 12.8. The number of carbonyl (C=O) groups is 1. The third-order valence-corrected chi connectivity index (χ3v) is 28.0. The standard InChI is InChI=1S/C66H96O11Si2/c1-47-42-61-66(9,76-54(47)30-22-41-72-79(64(5,6)7,51-26-18-14-19-27-51)52-28-20-15-21-29-52)44-53(67)62(68)59(75-61)43-58-55(71-46-49-32-34-50(69-10)35-33-49)36-37-56-57(73-58)38-39-65(8,77-78(11,12)63(2,3)4)60(74-56)31-23-40-70-45-48-24-16-13-17-25-48/h13-21,24-29,32-35,47,53-61,67H,22-23,30-31,36-46H2,1-12H3/t47-,53-,54-,55+,56-,57+,58-,59+,60+,61-,65+,66+/m0/s1. The Bertz CT molecular complexity index is 2460. The molecular weight excluding hydrogens is 1020 g/mol. The lowest BCUT2D eigenvalue weighted by molar-refractivity contribution is -0.227. The van der Waals surface area contributed by atoms with Crippen molar-refractivity contribution in [2.75, 3.05) is 20.3 Å². The SMILES string of the molecule is COc1ccc(CO[C@@H]2CC[C@@H]3O[C@H](CCCOCc4ccccc4)[C@](C)(O[Si](C)(C)C(C)(C)C)CC[C@H]3O[C@H]2C[C@H]2O[C@H]3C[C@H](C)[C@H](CCCO[Si](c4ccccc4)(c4ccccc4)C(C)(C)C)O[C@]3(C)C[C@H](O)C2=O)cc1. The number of rotatable bonds is 21. The molecule has 4 aromatic rings. The van der Waals surface area contributed by atoms with E-state index in [4.69, 9.17) is 42.0 Å². The van der Waals surface area contributed by atoms with Gasteiger partial charge in [0.2, 0.25) is 0 Å². The zero-order valence-corrected chi connectivity index (χ0v) is 51.9. The average molecular weight is 1120 g/mol. The number of carbonyl (C=O) groups excluding carboxylic acids is 1. The predicted molar refractivity (Wildman–Crippen MR) is 318 cm³/mol. The molecule has 8 rings (SSSR count). The molecule has 4 aliphatic rings. The van der Waals surface area contributed by atoms with Gasteiger partial charge < -0.3 is 47.1 Å². The van der Waals surface area contributed by atoms with Gasteiger partial charge in [-0.3, -0.25) is 4.79 Å². The molecule has 4 aromatic carbocycles. The largest absolute Gasteiger partial charge is 0.497 e. The molecule has 0 saturated carbocycles. The number of methoxy groups -OCH3 is 1. The summed E-state index contributed by atoms with van der Waals surface area (Å²) in [5, 5.41) is 14.3. The van der Waals surface area contributed by atoms with Gasteiger partial charge in [0.1, 0.15) is 18.0 Å². The first-order chi connectivity index (χ1) is 37.5. The van der Waals surface area contributed by atoms with Crippen LogP contribution in [0.25, 0.3) is 0 Å². The van der Waals surface area contributed by atoms with Crippen LogP contribution in [0, 0.1) is 5.92 Å². The van der Waals surface area contributed by atoms with E-state index in [1.54, 1.807) is 7.11 Å². The van der Waals surface area contributed by atoms with E-state index in [9.17, 15) is 9.90 Å². The van der Waals surface area contributed by atoms with Crippen molar-refractivity contribution in [3.63, 3.8) is 0 Å². The van der Waals surface area contributed by atoms with Gasteiger partial charge in [0, 0.05) is 26.1 Å². The zero-order valence-electron chi connectivity index (χ0n) is 49.9. The van der Waals surface area contributed by atoms with Gasteiger partial charge in [-0.05, 0) is 134 Å². The summed E-state index contributed by atoms with van der Waals surface area (Å²) < 4.78 is 62.1. The lowest BCUT2D eigenvalue weighted by Crippen LogP contribution is -2.66. The Morgan fingerprint density at radius 1 is 0.696 bits per heavy atom. The van der Waals surface area contributed by atoms with Gasteiger partial charge >= 0.3 is 0 Å². The highest BCUT2D eigenvalue weighted by atomic mass is 28.4. The Labute approximate surface area is 476 Å². The monoisotopic (exact) mass is 1120 g/mol. The number of hydrogen-bond donors (Lipinski definition) is 1. The normalized spacial score (nSPS) is 30.1. The average Bonchev–Trinajstić information content (AvgIpc) is 3.81. The Hall–Kier alpha value is -3.58. The molecule has 11 nitrogen and oxygen atoms in total. The van der Waals surface area contributed by atoms with Crippen molar-refractivity contribution in [1.29, 1.82) is 0 Å². The molecule has 4 fully saturated rings. The quantitative estimate of drug-likeness (QED) is 0.0634. The molecule has 0 bridgehead atoms. The molecule has 1 N–H and O–H groups in total. The number of aliphatic hydroxyl groups excluding tert-OH is 1. The van der Waals surface area contributed by atoms with Crippen LogP contribution < -0.4 is 15.1 Å². The fourth-order valence-corrected chi connectivity index (χ4v) is 19.1. The van der Waals surface area contributed by atoms with Crippen LogP contribution in [-0.4, -0.2) is 114 Å². The van der Waals surface area contributed by atoms with Crippen molar-refractivity contribution in [2.45, 2.75) is 235 Å². The van der Waals surface area contributed by atoms with Gasteiger partial charge in [-0.1, -0.05) is 152 Å². The lowest BCUT2D eigenvalue weighted by atomic mass is 9.80. The van der Waals surface area contributed by atoms with Gasteiger partial charge in [0.25, 0.3) is 8.32 Å². The predicted octanol–water partition coefficient (Wildman–Crippen LogP) is 12.5. The van der Waals surface area contributed by atoms with E-state index in [-0.39, 0.29) is 65.1 Å². The van der Waals surface area contributed by atoms with E-state index in [0.717, 1.165) is 55.4 Å². The highest BCUT2D eigenvalue weighted by molar-refractivity contribution is 6.99. The second-order valence-electron chi connectivity index (χ2n) is 26.4. The van der Waals surface area contributed by atoms with Crippen LogP contribution in [0.15, 0.2) is 115 Å². The number of ketones is 1. The van der Waals surface area contributed by atoms with E-state index >= 15 is 0 Å². The third kappa shape index (κ3) is 14.8. The van der Waals surface area contributed by atoms with Crippen LogP contribution in [0.5, 0.6) is 5.75 Å². The molecule has 4 aliphatic heterocycles. The zero-order chi connectivity index (χ0) is 56.6. The van der Waals surface area contributed by atoms with Crippen molar-refractivity contribution in [3.8, 4) is 5.75 Å². The Balaban J connectivity index is 0.983. The maximum absolute atomic E-state index is 14.6. The van der Waals surface area contributed by atoms with Crippen molar-refractivity contribution in [3.05, 3.63) is 126 Å².